The first kappa shape index (κ1) is 27.7. The number of esters is 1. The number of carbonyl (C=O) groups excluding carboxylic acids is 1. The van der Waals surface area contributed by atoms with Gasteiger partial charge in [-0.1, -0.05) is 12.1 Å². The van der Waals surface area contributed by atoms with Crippen LogP contribution in [-0.2, 0) is 16.0 Å². The lowest BCUT2D eigenvalue weighted by Crippen LogP contribution is -2.35. The number of nitrogens with one attached hydrogen (secondary N) is 1. The predicted molar refractivity (Wildman–Crippen MR) is 154 cm³/mol. The van der Waals surface area contributed by atoms with E-state index in [1.54, 1.807) is 48.0 Å². The van der Waals surface area contributed by atoms with Crippen LogP contribution >= 0.6 is 0 Å². The first-order chi connectivity index (χ1) is 20.4. The van der Waals surface area contributed by atoms with Gasteiger partial charge in [-0.05, 0) is 56.7 Å². The number of hydrogen-bond donors (Lipinski definition) is 1. The van der Waals surface area contributed by atoms with E-state index in [2.05, 4.69) is 20.0 Å². The molecule has 10 nitrogen and oxygen atoms in total. The van der Waals surface area contributed by atoms with Crippen LogP contribution in [-0.4, -0.2) is 69.5 Å². The molecule has 0 aliphatic carbocycles. The maximum atomic E-state index is 15.2. The number of hydrogen-bond acceptors (Lipinski definition) is 8. The Bertz CT molecular complexity index is 1730. The van der Waals surface area contributed by atoms with E-state index in [4.69, 9.17) is 18.9 Å². The van der Waals surface area contributed by atoms with Gasteiger partial charge >= 0.3 is 5.97 Å². The zero-order valence-corrected chi connectivity index (χ0v) is 23.7. The molecule has 3 aromatic heterocycles. The van der Waals surface area contributed by atoms with Crippen LogP contribution in [0.2, 0.25) is 0 Å². The fourth-order valence-electron chi connectivity index (χ4n) is 5.05. The minimum atomic E-state index is -0.514. The zero-order chi connectivity index (χ0) is 29.2. The van der Waals surface area contributed by atoms with Crippen LogP contribution in [0.1, 0.15) is 34.1 Å². The first-order valence-electron chi connectivity index (χ1n) is 13.9. The van der Waals surface area contributed by atoms with Crippen LogP contribution < -0.4 is 9.47 Å². The lowest BCUT2D eigenvalue weighted by molar-refractivity contribution is 0.0228. The van der Waals surface area contributed by atoms with Gasteiger partial charge < -0.3 is 23.9 Å². The predicted octanol–water partition coefficient (Wildman–Crippen LogP) is 5.22. The molecule has 4 heterocycles. The zero-order valence-electron chi connectivity index (χ0n) is 23.7. The fourth-order valence-corrected chi connectivity index (χ4v) is 5.05. The van der Waals surface area contributed by atoms with Crippen molar-refractivity contribution in [2.75, 3.05) is 32.9 Å². The molecule has 1 atom stereocenters. The second-order valence-corrected chi connectivity index (χ2v) is 10.5. The SMILES string of the molecule is Cc1cc2c(F)c(Oc3ncnn4cc(OC[C@@H](C)OC(=O)c5ccc(CN6CCOCC6)cc5)c(C)c34)ccc2[nH]1. The number of ether oxygens (including phenoxy) is 4. The molecular weight excluding hydrogens is 541 g/mol. The van der Waals surface area contributed by atoms with Crippen molar-refractivity contribution in [2.24, 2.45) is 0 Å². The van der Waals surface area contributed by atoms with Crippen LogP contribution in [0.4, 0.5) is 4.39 Å². The molecule has 0 unspecified atom stereocenters. The summed E-state index contributed by atoms with van der Waals surface area (Å²) in [5.41, 5.74) is 4.41. The molecular formula is C31H32FN5O5. The van der Waals surface area contributed by atoms with E-state index < -0.39 is 17.9 Å². The Balaban J connectivity index is 1.09. The van der Waals surface area contributed by atoms with Crippen molar-refractivity contribution in [3.63, 3.8) is 0 Å². The van der Waals surface area contributed by atoms with E-state index in [-0.39, 0.29) is 18.2 Å². The summed E-state index contributed by atoms with van der Waals surface area (Å²) in [6, 6.07) is 12.5. The fraction of sp³-hybridized carbons (Fsp3) is 0.323. The standard InChI is InChI=1S/C31H32FN5O5/c1-19-14-24-25(35-19)8-9-26(28(24)32)42-30-29-21(3)27(16-37(29)34-18-33-30)40-17-20(2)41-31(38)23-6-4-22(5-7-23)15-36-10-12-39-13-11-36/h4-9,14,16,18,20,35H,10-13,15,17H2,1-3H3/t20-/m1/s1. The summed E-state index contributed by atoms with van der Waals surface area (Å²) in [6.45, 7) is 9.72. The van der Waals surface area contributed by atoms with Crippen molar-refractivity contribution in [1.82, 2.24) is 24.5 Å². The van der Waals surface area contributed by atoms with Crippen LogP contribution in [0.25, 0.3) is 16.4 Å². The molecule has 0 saturated carbocycles. The van der Waals surface area contributed by atoms with E-state index in [1.807, 2.05) is 26.0 Å². The normalized spacial score (nSPS) is 14.8. The summed E-state index contributed by atoms with van der Waals surface area (Å²) >= 11 is 0. The topological polar surface area (TPSA) is 103 Å². The summed E-state index contributed by atoms with van der Waals surface area (Å²) in [5.74, 6) is -0.121. The number of rotatable bonds is 9. The number of fused-ring (bicyclic) bond motifs is 2. The number of aryl methyl sites for hydroxylation is 2. The Morgan fingerprint density at radius 3 is 2.69 bits per heavy atom. The number of halogens is 1. The summed E-state index contributed by atoms with van der Waals surface area (Å²) in [7, 11) is 0. The number of benzene rings is 2. The highest BCUT2D eigenvalue weighted by Crippen LogP contribution is 2.34. The van der Waals surface area contributed by atoms with Crippen molar-refractivity contribution >= 4 is 22.4 Å². The molecule has 42 heavy (non-hydrogen) atoms. The van der Waals surface area contributed by atoms with Crippen LogP contribution in [0.15, 0.2) is 55.0 Å². The Morgan fingerprint density at radius 1 is 1.12 bits per heavy atom. The van der Waals surface area contributed by atoms with Gasteiger partial charge in [-0.2, -0.15) is 10.1 Å². The lowest BCUT2D eigenvalue weighted by atomic mass is 10.1. The molecule has 6 rings (SSSR count). The first-order valence-corrected chi connectivity index (χ1v) is 13.9. The molecule has 0 bridgehead atoms. The Labute approximate surface area is 242 Å². The Kier molecular flexibility index (Phi) is 7.77. The molecule has 0 radical (unpaired) electrons. The van der Waals surface area contributed by atoms with E-state index in [0.29, 0.717) is 33.3 Å². The summed E-state index contributed by atoms with van der Waals surface area (Å²) in [5, 5.41) is 4.70. The van der Waals surface area contributed by atoms with E-state index >= 15 is 4.39 Å². The number of aromatic amines is 1. The highest BCUT2D eigenvalue weighted by atomic mass is 19.1. The molecule has 1 fully saturated rings. The molecule has 1 aliphatic rings. The third kappa shape index (κ3) is 5.79. The van der Waals surface area contributed by atoms with Gasteiger partial charge in [-0.25, -0.2) is 13.7 Å². The molecule has 2 aromatic carbocycles. The lowest BCUT2D eigenvalue weighted by Gasteiger charge is -2.26. The van der Waals surface area contributed by atoms with Gasteiger partial charge in [0.2, 0.25) is 5.88 Å². The van der Waals surface area contributed by atoms with Gasteiger partial charge in [0.1, 0.15) is 30.3 Å². The van der Waals surface area contributed by atoms with E-state index in [0.717, 1.165) is 44.1 Å². The Hall–Kier alpha value is -4.48. The molecule has 1 saturated heterocycles. The monoisotopic (exact) mass is 573 g/mol. The second kappa shape index (κ2) is 11.8. The number of aromatic nitrogens is 4. The summed E-state index contributed by atoms with van der Waals surface area (Å²) in [6.07, 6.45) is 2.51. The van der Waals surface area contributed by atoms with Crippen molar-refractivity contribution in [3.05, 3.63) is 83.2 Å². The highest BCUT2D eigenvalue weighted by Gasteiger charge is 2.20. The Morgan fingerprint density at radius 2 is 1.90 bits per heavy atom. The number of morpholine rings is 1. The van der Waals surface area contributed by atoms with Crippen molar-refractivity contribution < 1.29 is 28.1 Å². The van der Waals surface area contributed by atoms with Gasteiger partial charge in [-0.15, -0.1) is 0 Å². The minimum absolute atomic E-state index is 0.0554. The number of nitrogens with zero attached hydrogens (tertiary/aromatic N) is 4. The van der Waals surface area contributed by atoms with Gasteiger partial charge in [0, 0.05) is 41.8 Å². The van der Waals surface area contributed by atoms with Crippen LogP contribution in [0, 0.1) is 19.7 Å². The molecule has 5 aromatic rings. The average molecular weight is 574 g/mol. The van der Waals surface area contributed by atoms with Gasteiger partial charge in [0.25, 0.3) is 0 Å². The largest absolute Gasteiger partial charge is 0.488 e. The molecule has 0 amide bonds. The van der Waals surface area contributed by atoms with Gasteiger partial charge in [-0.3, -0.25) is 4.90 Å². The van der Waals surface area contributed by atoms with Crippen molar-refractivity contribution in [1.29, 1.82) is 0 Å². The summed E-state index contributed by atoms with van der Waals surface area (Å²) < 4.78 is 39.7. The van der Waals surface area contributed by atoms with Gasteiger partial charge in [0.05, 0.1) is 25.0 Å². The van der Waals surface area contributed by atoms with E-state index in [1.165, 1.54) is 6.33 Å². The smallest absolute Gasteiger partial charge is 0.338 e. The number of carbonyl (C=O) groups is 1. The van der Waals surface area contributed by atoms with Gasteiger partial charge in [0.15, 0.2) is 11.6 Å². The molecule has 0 spiro atoms. The van der Waals surface area contributed by atoms with E-state index in [9.17, 15) is 4.79 Å². The third-order valence-corrected chi connectivity index (χ3v) is 7.27. The summed E-state index contributed by atoms with van der Waals surface area (Å²) in [4.78, 5) is 22.4. The van der Waals surface area contributed by atoms with Crippen molar-refractivity contribution in [2.45, 2.75) is 33.4 Å². The van der Waals surface area contributed by atoms with Crippen LogP contribution in [0.3, 0.4) is 0 Å². The highest BCUT2D eigenvalue weighted by molar-refractivity contribution is 5.89. The average Bonchev–Trinajstić information content (AvgIpc) is 3.54. The van der Waals surface area contributed by atoms with Crippen LogP contribution in [0.5, 0.6) is 17.4 Å². The maximum Gasteiger partial charge on any atom is 0.338 e. The number of H-pyrrole nitrogens is 1. The van der Waals surface area contributed by atoms with Crippen molar-refractivity contribution in [3.8, 4) is 17.4 Å². The molecule has 1 aliphatic heterocycles. The molecule has 11 heteroatoms. The molecule has 218 valence electrons. The maximum absolute atomic E-state index is 15.2. The second-order valence-electron chi connectivity index (χ2n) is 10.5. The quantitative estimate of drug-likeness (QED) is 0.240. The minimum Gasteiger partial charge on any atom is -0.488 e. The third-order valence-electron chi connectivity index (χ3n) is 7.27. The molecule has 1 N–H and O–H groups in total.